The number of hydrogen-bond donors (Lipinski definition) is 0. The van der Waals surface area contributed by atoms with Crippen LogP contribution in [-0.2, 0) is 15.9 Å². The molecule has 0 N–H and O–H groups in total. The first-order valence-corrected chi connectivity index (χ1v) is 14.1. The zero-order chi connectivity index (χ0) is 27.0. The first-order chi connectivity index (χ1) is 18.8. The maximum Gasteiger partial charge on any atom is 0.494 e. The lowest BCUT2D eigenvalue weighted by Crippen LogP contribution is -2.41. The molecular weight excluding hydrogens is 503 g/mol. The van der Waals surface area contributed by atoms with Crippen LogP contribution in [0.5, 0.6) is 0 Å². The van der Waals surface area contributed by atoms with Crippen molar-refractivity contribution in [1.82, 2.24) is 19.5 Å². The summed E-state index contributed by atoms with van der Waals surface area (Å²) in [5.74, 6) is 0. The summed E-state index contributed by atoms with van der Waals surface area (Å²) in [6.07, 6.45) is 3.49. The summed E-state index contributed by atoms with van der Waals surface area (Å²) in [5.41, 5.74) is 5.53. The lowest BCUT2D eigenvalue weighted by atomic mass is 9.79. The highest BCUT2D eigenvalue weighted by molar-refractivity contribution is 7.99. The Morgan fingerprint density at radius 2 is 1.36 bits per heavy atom. The van der Waals surface area contributed by atoms with Crippen LogP contribution in [0.2, 0.25) is 0 Å². The van der Waals surface area contributed by atoms with E-state index < -0.39 is 0 Å². The highest BCUT2D eigenvalue weighted by Gasteiger charge is 2.51. The van der Waals surface area contributed by atoms with E-state index in [0.29, 0.717) is 6.54 Å². The molecule has 1 saturated heterocycles. The highest BCUT2D eigenvalue weighted by Crippen LogP contribution is 2.41. The number of fused-ring (bicyclic) bond motifs is 1. The normalized spacial score (nSPS) is 16.3. The Morgan fingerprint density at radius 3 is 1.95 bits per heavy atom. The van der Waals surface area contributed by atoms with E-state index >= 15 is 0 Å². The summed E-state index contributed by atoms with van der Waals surface area (Å²) in [5, 5.41) is 0.964. The Hall–Kier alpha value is -3.46. The van der Waals surface area contributed by atoms with E-state index in [9.17, 15) is 0 Å². The third-order valence-electron chi connectivity index (χ3n) is 7.66. The molecule has 2 aromatic heterocycles. The number of rotatable bonds is 7. The van der Waals surface area contributed by atoms with Crippen LogP contribution in [0.1, 0.15) is 49.6 Å². The molecule has 1 fully saturated rings. The van der Waals surface area contributed by atoms with Gasteiger partial charge in [-0.3, -0.25) is 0 Å². The van der Waals surface area contributed by atoms with Gasteiger partial charge in [0.05, 0.1) is 29.3 Å². The van der Waals surface area contributed by atoms with Crippen LogP contribution >= 0.6 is 11.8 Å². The fraction of sp³-hybridized carbons (Fsp3) is 0.258. The van der Waals surface area contributed by atoms with Crippen LogP contribution in [0.4, 0.5) is 0 Å². The van der Waals surface area contributed by atoms with E-state index in [1.807, 2.05) is 18.5 Å². The maximum absolute atomic E-state index is 6.21. The van der Waals surface area contributed by atoms with Gasteiger partial charge in [-0.15, -0.1) is 0 Å². The lowest BCUT2D eigenvalue weighted by molar-refractivity contribution is 0.00578. The minimum absolute atomic E-state index is 0.0955. The molecule has 0 radical (unpaired) electrons. The highest BCUT2D eigenvalue weighted by atomic mass is 32.2. The summed E-state index contributed by atoms with van der Waals surface area (Å²) in [6, 6.07) is 29.4. The first kappa shape index (κ1) is 25.8. The molecule has 0 unspecified atom stereocenters. The number of aromatic nitrogens is 4. The molecule has 0 spiro atoms. The Kier molecular flexibility index (Phi) is 6.79. The summed E-state index contributed by atoms with van der Waals surface area (Å²) < 4.78 is 14.5. The van der Waals surface area contributed by atoms with Gasteiger partial charge >= 0.3 is 7.12 Å². The van der Waals surface area contributed by atoms with Crippen molar-refractivity contribution < 1.29 is 9.31 Å². The first-order valence-electron chi connectivity index (χ1n) is 13.2. The molecule has 1 aliphatic heterocycles. The van der Waals surface area contributed by atoms with Crippen molar-refractivity contribution in [2.45, 2.75) is 55.7 Å². The molecule has 0 aliphatic carbocycles. The van der Waals surface area contributed by atoms with Crippen LogP contribution in [0.25, 0.3) is 11.2 Å². The Morgan fingerprint density at radius 1 is 0.769 bits per heavy atom. The van der Waals surface area contributed by atoms with Crippen LogP contribution < -0.4 is 5.46 Å². The van der Waals surface area contributed by atoms with Gasteiger partial charge in [-0.25, -0.2) is 15.0 Å². The second-order valence-corrected chi connectivity index (χ2v) is 12.0. The molecule has 6 rings (SSSR count). The van der Waals surface area contributed by atoms with Crippen LogP contribution in [0.3, 0.4) is 0 Å². The second kappa shape index (κ2) is 10.3. The maximum atomic E-state index is 6.21. The van der Waals surface area contributed by atoms with Gasteiger partial charge in [0, 0.05) is 0 Å². The smallest absolute Gasteiger partial charge is 0.399 e. The largest absolute Gasteiger partial charge is 0.494 e. The zero-order valence-corrected chi connectivity index (χ0v) is 23.4. The van der Waals surface area contributed by atoms with E-state index in [-0.39, 0.29) is 23.6 Å². The molecule has 0 saturated carbocycles. The molecule has 0 atom stereocenters. The molecule has 3 aromatic carbocycles. The molecule has 5 aromatic rings. The average molecular weight is 534 g/mol. The fourth-order valence-electron chi connectivity index (χ4n) is 4.71. The van der Waals surface area contributed by atoms with Crippen LogP contribution in [0.15, 0.2) is 103 Å². The SMILES string of the molecule is CC1(C)OB(c2ccc(Cn3cnc4c(SC(c5ccccc5)c5ccccc5)ncnc43)cc2)OC1(C)C. The van der Waals surface area contributed by atoms with Gasteiger partial charge in [-0.1, -0.05) is 96.7 Å². The summed E-state index contributed by atoms with van der Waals surface area (Å²) in [4.78, 5) is 14.0. The van der Waals surface area contributed by atoms with Gasteiger partial charge in [0.15, 0.2) is 5.65 Å². The molecule has 196 valence electrons. The van der Waals surface area contributed by atoms with E-state index in [1.165, 1.54) is 11.1 Å². The standard InChI is InChI=1S/C31H31BN4O2S/c1-30(2)31(3,4)38-32(37-30)25-17-15-22(16-18-25)19-36-21-35-26-28(36)33-20-34-29(26)39-27(23-11-7-5-8-12-23)24-13-9-6-10-14-24/h5-18,20-21,27H,19H2,1-4H3. The molecule has 6 nitrogen and oxygen atoms in total. The Labute approximate surface area is 234 Å². The Bertz CT molecular complexity index is 1520. The van der Waals surface area contributed by atoms with Gasteiger partial charge in [-0.05, 0) is 49.8 Å². The van der Waals surface area contributed by atoms with Crippen molar-refractivity contribution >= 4 is 35.5 Å². The second-order valence-electron chi connectivity index (χ2n) is 10.9. The number of nitrogens with zero attached hydrogens (tertiary/aromatic N) is 4. The van der Waals surface area contributed by atoms with Gasteiger partial charge in [0.2, 0.25) is 0 Å². The van der Waals surface area contributed by atoms with Gasteiger partial charge < -0.3 is 13.9 Å². The molecule has 3 heterocycles. The van der Waals surface area contributed by atoms with Crippen molar-refractivity contribution in [3.8, 4) is 0 Å². The van der Waals surface area contributed by atoms with Crippen LogP contribution in [0, 0.1) is 0 Å². The van der Waals surface area contributed by atoms with Gasteiger partial charge in [-0.2, -0.15) is 0 Å². The number of benzene rings is 3. The minimum atomic E-state index is -0.368. The topological polar surface area (TPSA) is 62.1 Å². The number of hydrogen-bond acceptors (Lipinski definition) is 6. The van der Waals surface area contributed by atoms with Crippen molar-refractivity contribution in [2.24, 2.45) is 0 Å². The third-order valence-corrected chi connectivity index (χ3v) is 8.96. The van der Waals surface area contributed by atoms with E-state index in [0.717, 1.165) is 27.2 Å². The van der Waals surface area contributed by atoms with Gasteiger partial charge in [0.1, 0.15) is 16.9 Å². The fourth-order valence-corrected chi connectivity index (χ4v) is 5.89. The minimum Gasteiger partial charge on any atom is -0.399 e. The van der Waals surface area contributed by atoms with E-state index in [4.69, 9.17) is 14.3 Å². The molecule has 0 bridgehead atoms. The average Bonchev–Trinajstić information content (AvgIpc) is 3.45. The summed E-state index contributed by atoms with van der Waals surface area (Å²) >= 11 is 1.70. The van der Waals surface area contributed by atoms with E-state index in [1.54, 1.807) is 18.1 Å². The molecule has 8 heteroatoms. The summed E-state index contributed by atoms with van der Waals surface area (Å²) in [7, 11) is -0.368. The lowest BCUT2D eigenvalue weighted by Gasteiger charge is -2.32. The molecule has 1 aliphatic rings. The molecule has 39 heavy (non-hydrogen) atoms. The van der Waals surface area contributed by atoms with Crippen LogP contribution in [-0.4, -0.2) is 37.8 Å². The van der Waals surface area contributed by atoms with Crippen molar-refractivity contribution in [3.05, 3.63) is 114 Å². The van der Waals surface area contributed by atoms with Crippen molar-refractivity contribution in [3.63, 3.8) is 0 Å². The predicted molar refractivity (Wildman–Crippen MR) is 157 cm³/mol. The number of thioether (sulfide) groups is 1. The quantitative estimate of drug-likeness (QED) is 0.144. The predicted octanol–water partition coefficient (Wildman–Crippen LogP) is 6.06. The summed E-state index contributed by atoms with van der Waals surface area (Å²) in [6.45, 7) is 8.94. The monoisotopic (exact) mass is 534 g/mol. The zero-order valence-electron chi connectivity index (χ0n) is 22.6. The number of imidazole rings is 1. The third kappa shape index (κ3) is 5.12. The molecule has 0 amide bonds. The van der Waals surface area contributed by atoms with Gasteiger partial charge in [0.25, 0.3) is 0 Å². The van der Waals surface area contributed by atoms with Crippen molar-refractivity contribution in [1.29, 1.82) is 0 Å². The van der Waals surface area contributed by atoms with E-state index in [2.05, 4.69) is 115 Å². The molecular formula is C31H31BN4O2S. The Balaban J connectivity index is 1.24. The van der Waals surface area contributed by atoms with Crippen molar-refractivity contribution in [2.75, 3.05) is 0 Å².